The van der Waals surface area contributed by atoms with E-state index in [1.807, 2.05) is 24.3 Å². The molecule has 0 spiro atoms. The van der Waals surface area contributed by atoms with Crippen LogP contribution in [0.5, 0.6) is 0 Å². The monoisotopic (exact) mass is 616 g/mol. The van der Waals surface area contributed by atoms with Gasteiger partial charge in [-0.05, 0) is 78.2 Å². The SMILES string of the molecule is c1cc2c3c(cccc3c1)-c1oc(-c3ccc(N(c4ccc5oc6ccccc6c5c4)c4ccc5oc6ccccc6c5c4)cc3)nc1-2. The lowest BCUT2D eigenvalue weighted by atomic mass is 10.0. The second-order valence-electron chi connectivity index (χ2n) is 12.3. The molecule has 0 unspecified atom stereocenters. The zero-order chi connectivity index (χ0) is 31.3. The molecule has 7 aromatic carbocycles. The standard InChI is InChI=1S/C43H24N2O3/c1-3-13-36-30(9-1)34-23-28(19-21-38(34)46-36)45(29-20-22-39-35(24-29)31-10-2-4-14-37(31)47-39)27-17-15-26(16-18-27)43-44-41-32-11-5-7-25-8-6-12-33(40(25)32)42(41)48-43/h1-24H. The molecule has 1 aliphatic rings. The van der Waals surface area contributed by atoms with E-state index >= 15 is 0 Å². The molecule has 0 N–H and O–H groups in total. The van der Waals surface area contributed by atoms with Gasteiger partial charge >= 0.3 is 0 Å². The first-order valence-corrected chi connectivity index (χ1v) is 16.0. The van der Waals surface area contributed by atoms with Crippen molar-refractivity contribution in [1.29, 1.82) is 0 Å². The number of aromatic nitrogens is 1. The van der Waals surface area contributed by atoms with Crippen LogP contribution in [0.2, 0.25) is 0 Å². The Hall–Kier alpha value is -6.59. The molecule has 0 atom stereocenters. The number of oxazole rings is 1. The largest absolute Gasteiger partial charge is 0.456 e. The highest BCUT2D eigenvalue weighted by Crippen LogP contribution is 2.48. The molecule has 10 aromatic rings. The van der Waals surface area contributed by atoms with E-state index in [-0.39, 0.29) is 0 Å². The summed E-state index contributed by atoms with van der Waals surface area (Å²) in [4.78, 5) is 7.28. The Balaban J connectivity index is 1.05. The van der Waals surface area contributed by atoms with E-state index in [0.29, 0.717) is 5.89 Å². The average molecular weight is 617 g/mol. The summed E-state index contributed by atoms with van der Waals surface area (Å²) in [5.41, 5.74) is 10.6. The fourth-order valence-corrected chi connectivity index (χ4v) is 7.44. The Kier molecular flexibility index (Phi) is 5.05. The summed E-state index contributed by atoms with van der Waals surface area (Å²) in [6.07, 6.45) is 0. The number of hydrogen-bond acceptors (Lipinski definition) is 5. The molecule has 0 radical (unpaired) electrons. The number of hydrogen-bond donors (Lipinski definition) is 0. The molecule has 3 aromatic heterocycles. The first-order valence-electron chi connectivity index (χ1n) is 16.0. The highest BCUT2D eigenvalue weighted by Gasteiger charge is 2.28. The normalized spacial score (nSPS) is 12.2. The van der Waals surface area contributed by atoms with Gasteiger partial charge < -0.3 is 18.2 Å². The van der Waals surface area contributed by atoms with E-state index in [1.165, 1.54) is 10.8 Å². The third-order valence-corrected chi connectivity index (χ3v) is 9.64. The Morgan fingerprint density at radius 3 is 1.65 bits per heavy atom. The molecule has 0 saturated carbocycles. The molecule has 0 bridgehead atoms. The molecular formula is C43H24N2O3. The van der Waals surface area contributed by atoms with Gasteiger partial charge in [0.15, 0.2) is 5.76 Å². The highest BCUT2D eigenvalue weighted by atomic mass is 16.4. The Bertz CT molecular complexity index is 2740. The molecule has 0 amide bonds. The molecule has 0 aliphatic heterocycles. The van der Waals surface area contributed by atoms with Crippen LogP contribution in [0.25, 0.3) is 88.7 Å². The van der Waals surface area contributed by atoms with Gasteiger partial charge in [0, 0.05) is 60.7 Å². The summed E-state index contributed by atoms with van der Waals surface area (Å²) in [5.74, 6) is 1.45. The molecule has 11 rings (SSSR count). The maximum Gasteiger partial charge on any atom is 0.227 e. The van der Waals surface area contributed by atoms with Gasteiger partial charge in [0.25, 0.3) is 0 Å². The quantitative estimate of drug-likeness (QED) is 0.197. The van der Waals surface area contributed by atoms with Gasteiger partial charge in [-0.15, -0.1) is 0 Å². The molecule has 5 heteroatoms. The molecule has 0 fully saturated rings. The number of anilines is 3. The first-order chi connectivity index (χ1) is 23.8. The molecule has 5 nitrogen and oxygen atoms in total. The molecule has 1 aliphatic carbocycles. The highest BCUT2D eigenvalue weighted by molar-refractivity contribution is 6.13. The summed E-state index contributed by atoms with van der Waals surface area (Å²) in [6.45, 7) is 0. The van der Waals surface area contributed by atoms with Crippen molar-refractivity contribution in [2.24, 2.45) is 0 Å². The summed E-state index contributed by atoms with van der Waals surface area (Å²) < 4.78 is 18.8. The van der Waals surface area contributed by atoms with Gasteiger partial charge in [-0.25, -0.2) is 4.98 Å². The van der Waals surface area contributed by atoms with E-state index in [9.17, 15) is 0 Å². The minimum absolute atomic E-state index is 0.613. The molecule has 48 heavy (non-hydrogen) atoms. The van der Waals surface area contributed by atoms with E-state index in [1.54, 1.807) is 0 Å². The fraction of sp³-hybridized carbons (Fsp3) is 0. The third-order valence-electron chi connectivity index (χ3n) is 9.64. The summed E-state index contributed by atoms with van der Waals surface area (Å²) in [7, 11) is 0. The van der Waals surface area contributed by atoms with Gasteiger partial charge in [0.1, 0.15) is 28.0 Å². The van der Waals surface area contributed by atoms with Crippen LogP contribution in [-0.4, -0.2) is 4.98 Å². The molecular weight excluding hydrogens is 592 g/mol. The van der Waals surface area contributed by atoms with Gasteiger partial charge in [-0.3, -0.25) is 0 Å². The van der Waals surface area contributed by atoms with Crippen LogP contribution < -0.4 is 4.90 Å². The molecule has 224 valence electrons. The number of rotatable bonds is 4. The van der Waals surface area contributed by atoms with Crippen LogP contribution in [0.3, 0.4) is 0 Å². The number of para-hydroxylation sites is 2. The Morgan fingerprint density at radius 2 is 1.00 bits per heavy atom. The van der Waals surface area contributed by atoms with Crippen LogP contribution >= 0.6 is 0 Å². The van der Waals surface area contributed by atoms with Gasteiger partial charge in [0.2, 0.25) is 5.89 Å². The third kappa shape index (κ3) is 3.58. The fourth-order valence-electron chi connectivity index (χ4n) is 7.44. The van der Waals surface area contributed by atoms with E-state index in [2.05, 4.69) is 126 Å². The maximum absolute atomic E-state index is 6.47. The average Bonchev–Trinajstić information content (AvgIpc) is 3.90. The first kappa shape index (κ1) is 25.6. The zero-order valence-electron chi connectivity index (χ0n) is 25.5. The van der Waals surface area contributed by atoms with Crippen molar-refractivity contribution < 1.29 is 13.3 Å². The second kappa shape index (κ2) is 9.47. The number of furan rings is 2. The number of benzene rings is 7. The van der Waals surface area contributed by atoms with Crippen LogP contribution in [0, 0.1) is 0 Å². The van der Waals surface area contributed by atoms with Crippen LogP contribution in [0.15, 0.2) is 159 Å². The van der Waals surface area contributed by atoms with E-state index in [4.69, 9.17) is 18.2 Å². The summed E-state index contributed by atoms with van der Waals surface area (Å²) in [5, 5.41) is 6.74. The minimum atomic E-state index is 0.613. The van der Waals surface area contributed by atoms with Crippen LogP contribution in [0.1, 0.15) is 0 Å². The minimum Gasteiger partial charge on any atom is -0.456 e. The Morgan fingerprint density at radius 1 is 0.438 bits per heavy atom. The predicted molar refractivity (Wildman–Crippen MR) is 193 cm³/mol. The van der Waals surface area contributed by atoms with E-state index in [0.717, 1.165) is 89.1 Å². The van der Waals surface area contributed by atoms with Gasteiger partial charge in [0.05, 0.1) is 0 Å². The van der Waals surface area contributed by atoms with E-state index < -0.39 is 0 Å². The van der Waals surface area contributed by atoms with Crippen LogP contribution in [0.4, 0.5) is 17.1 Å². The van der Waals surface area contributed by atoms with Gasteiger partial charge in [-0.2, -0.15) is 0 Å². The van der Waals surface area contributed by atoms with Crippen molar-refractivity contribution in [2.45, 2.75) is 0 Å². The number of fused-ring (bicyclic) bond motifs is 9. The lowest BCUT2D eigenvalue weighted by Crippen LogP contribution is -2.09. The molecule has 0 saturated heterocycles. The zero-order valence-corrected chi connectivity index (χ0v) is 25.5. The lowest BCUT2D eigenvalue weighted by Gasteiger charge is -2.25. The molecule has 3 heterocycles. The Labute approximate surface area is 273 Å². The smallest absolute Gasteiger partial charge is 0.227 e. The van der Waals surface area contributed by atoms with Crippen molar-refractivity contribution in [3.8, 4) is 34.0 Å². The lowest BCUT2D eigenvalue weighted by molar-refractivity contribution is 0.590. The maximum atomic E-state index is 6.47. The topological polar surface area (TPSA) is 55.6 Å². The van der Waals surface area contributed by atoms with Crippen molar-refractivity contribution in [3.63, 3.8) is 0 Å². The summed E-state index contributed by atoms with van der Waals surface area (Å²) >= 11 is 0. The van der Waals surface area contributed by atoms with Crippen molar-refractivity contribution in [2.75, 3.05) is 4.90 Å². The second-order valence-corrected chi connectivity index (χ2v) is 12.3. The van der Waals surface area contributed by atoms with Crippen molar-refractivity contribution >= 4 is 71.7 Å². The van der Waals surface area contributed by atoms with Gasteiger partial charge in [-0.1, -0.05) is 72.8 Å². The summed E-state index contributed by atoms with van der Waals surface area (Å²) in [6, 6.07) is 50.3. The van der Waals surface area contributed by atoms with Crippen molar-refractivity contribution in [1.82, 2.24) is 4.98 Å². The number of nitrogens with zero attached hydrogens (tertiary/aromatic N) is 2. The van der Waals surface area contributed by atoms with Crippen molar-refractivity contribution in [3.05, 3.63) is 146 Å². The predicted octanol–water partition coefficient (Wildman–Crippen LogP) is 12.4. The van der Waals surface area contributed by atoms with Crippen LogP contribution in [-0.2, 0) is 0 Å².